The minimum Gasteiger partial charge on any atom is -0.440 e. The molecular weight excluding hydrogens is 190 g/mol. The van der Waals surface area contributed by atoms with Crippen molar-refractivity contribution in [3.63, 3.8) is 0 Å². The highest BCUT2D eigenvalue weighted by Crippen LogP contribution is 2.27. The maximum atomic E-state index is 9.44. The van der Waals surface area contributed by atoms with Gasteiger partial charge in [-0.2, -0.15) is 0 Å². The average molecular weight is 201 g/mol. The molecule has 1 aliphatic rings. The molecule has 0 radical (unpaired) electrons. The summed E-state index contributed by atoms with van der Waals surface area (Å²) in [6.45, 7) is 2.85. The van der Waals surface area contributed by atoms with Crippen molar-refractivity contribution in [3.8, 4) is 0 Å². The molecule has 1 saturated heterocycles. The second-order valence-electron chi connectivity index (χ2n) is 3.02. The molecule has 0 saturated carbocycles. The van der Waals surface area contributed by atoms with Gasteiger partial charge >= 0.3 is 0 Å². The van der Waals surface area contributed by atoms with Gasteiger partial charge in [-0.3, -0.25) is 0 Å². The van der Waals surface area contributed by atoms with Crippen LogP contribution in [0.5, 0.6) is 0 Å². The van der Waals surface area contributed by atoms with Gasteiger partial charge in [-0.05, 0) is 6.92 Å². The summed E-state index contributed by atoms with van der Waals surface area (Å²) in [4.78, 5) is 4.14. The van der Waals surface area contributed by atoms with Crippen molar-refractivity contribution in [2.75, 3.05) is 13.2 Å². The zero-order valence-electron chi connectivity index (χ0n) is 7.27. The summed E-state index contributed by atoms with van der Waals surface area (Å²) >= 11 is 1.43. The van der Waals surface area contributed by atoms with Crippen LogP contribution in [0.1, 0.15) is 5.69 Å². The minimum atomic E-state index is -0.405. The van der Waals surface area contributed by atoms with Crippen molar-refractivity contribution in [1.29, 1.82) is 0 Å². The van der Waals surface area contributed by atoms with Gasteiger partial charge in [-0.15, -0.1) is 0 Å². The molecule has 2 rings (SSSR count). The van der Waals surface area contributed by atoms with Crippen LogP contribution in [0.3, 0.4) is 0 Å². The number of oxazole rings is 1. The van der Waals surface area contributed by atoms with Crippen molar-refractivity contribution in [3.05, 3.63) is 12.0 Å². The first-order chi connectivity index (χ1) is 6.25. The molecule has 0 spiro atoms. The van der Waals surface area contributed by atoms with Crippen LogP contribution in [-0.4, -0.2) is 34.7 Å². The van der Waals surface area contributed by atoms with Gasteiger partial charge in [0.2, 0.25) is 0 Å². The molecule has 2 atom stereocenters. The summed E-state index contributed by atoms with van der Waals surface area (Å²) in [5.41, 5.74) is 0.857. The van der Waals surface area contributed by atoms with E-state index in [-0.39, 0.29) is 5.25 Å². The van der Waals surface area contributed by atoms with E-state index < -0.39 is 6.10 Å². The van der Waals surface area contributed by atoms with Gasteiger partial charge in [-0.1, -0.05) is 11.8 Å². The van der Waals surface area contributed by atoms with Crippen LogP contribution in [0.15, 0.2) is 15.9 Å². The Morgan fingerprint density at radius 3 is 3.00 bits per heavy atom. The lowest BCUT2D eigenvalue weighted by atomic mass is 10.3. The van der Waals surface area contributed by atoms with Gasteiger partial charge in [0, 0.05) is 0 Å². The monoisotopic (exact) mass is 201 g/mol. The molecule has 5 heteroatoms. The van der Waals surface area contributed by atoms with Crippen molar-refractivity contribution >= 4 is 11.8 Å². The molecule has 0 bridgehead atoms. The Morgan fingerprint density at radius 2 is 2.46 bits per heavy atom. The molecule has 1 aromatic heterocycles. The number of hydrogen-bond donors (Lipinski definition) is 1. The summed E-state index contributed by atoms with van der Waals surface area (Å²) in [6.07, 6.45) is 1.20. The largest absolute Gasteiger partial charge is 0.440 e. The molecule has 13 heavy (non-hydrogen) atoms. The first kappa shape index (κ1) is 9.05. The smallest absolute Gasteiger partial charge is 0.256 e. The maximum Gasteiger partial charge on any atom is 0.256 e. The molecule has 2 heterocycles. The Morgan fingerprint density at radius 1 is 1.62 bits per heavy atom. The van der Waals surface area contributed by atoms with Crippen LogP contribution in [-0.2, 0) is 4.74 Å². The summed E-state index contributed by atoms with van der Waals surface area (Å²) in [5.74, 6) is 0. The van der Waals surface area contributed by atoms with Crippen LogP contribution < -0.4 is 0 Å². The summed E-state index contributed by atoms with van der Waals surface area (Å²) < 4.78 is 10.3. The molecule has 1 aromatic rings. The lowest BCUT2D eigenvalue weighted by molar-refractivity contribution is 0.127. The topological polar surface area (TPSA) is 55.5 Å². The zero-order valence-corrected chi connectivity index (χ0v) is 8.08. The molecular formula is C8H11NO3S. The van der Waals surface area contributed by atoms with E-state index >= 15 is 0 Å². The van der Waals surface area contributed by atoms with Crippen LogP contribution in [0.2, 0.25) is 0 Å². The van der Waals surface area contributed by atoms with E-state index in [2.05, 4.69) is 4.98 Å². The predicted octanol–water partition coefficient (Wildman–Crippen LogP) is 0.835. The Balaban J connectivity index is 1.97. The van der Waals surface area contributed by atoms with Crippen LogP contribution in [0, 0.1) is 6.92 Å². The molecule has 2 unspecified atom stereocenters. The molecule has 72 valence electrons. The van der Waals surface area contributed by atoms with E-state index in [1.165, 1.54) is 11.8 Å². The fourth-order valence-corrected chi connectivity index (χ4v) is 2.11. The first-order valence-electron chi connectivity index (χ1n) is 4.10. The van der Waals surface area contributed by atoms with E-state index in [1.807, 2.05) is 6.92 Å². The third kappa shape index (κ3) is 2.04. The van der Waals surface area contributed by atoms with Gasteiger partial charge in [0.15, 0.2) is 0 Å². The number of aliphatic hydroxyl groups is 1. The molecule has 0 amide bonds. The highest BCUT2D eigenvalue weighted by molar-refractivity contribution is 7.99. The first-order valence-corrected chi connectivity index (χ1v) is 4.98. The third-order valence-corrected chi connectivity index (χ3v) is 2.99. The standard InChI is InChI=1S/C8H11NO3S/c1-5-2-12-8(9-5)13-7-4-11-3-6(7)10/h2,6-7,10H,3-4H2,1H3. The number of aromatic nitrogens is 1. The van der Waals surface area contributed by atoms with Crippen molar-refractivity contribution < 1.29 is 14.3 Å². The quantitative estimate of drug-likeness (QED) is 0.768. The summed E-state index contributed by atoms with van der Waals surface area (Å²) in [6, 6.07) is 0. The van der Waals surface area contributed by atoms with Crippen LogP contribution in [0.4, 0.5) is 0 Å². The summed E-state index contributed by atoms with van der Waals surface area (Å²) in [5, 5.41) is 10.1. The van der Waals surface area contributed by atoms with E-state index in [0.29, 0.717) is 18.4 Å². The van der Waals surface area contributed by atoms with Gasteiger partial charge in [0.05, 0.1) is 30.3 Å². The highest BCUT2D eigenvalue weighted by Gasteiger charge is 2.28. The molecule has 0 aliphatic carbocycles. The van der Waals surface area contributed by atoms with Crippen molar-refractivity contribution in [2.45, 2.75) is 23.5 Å². The zero-order chi connectivity index (χ0) is 9.26. The Hall–Kier alpha value is -0.520. The third-order valence-electron chi connectivity index (χ3n) is 1.85. The molecule has 1 N–H and O–H groups in total. The maximum absolute atomic E-state index is 9.44. The number of thioether (sulfide) groups is 1. The number of hydrogen-bond acceptors (Lipinski definition) is 5. The lowest BCUT2D eigenvalue weighted by Gasteiger charge is -2.07. The number of aliphatic hydroxyl groups excluding tert-OH is 1. The second kappa shape index (κ2) is 3.69. The van der Waals surface area contributed by atoms with E-state index in [0.717, 1.165) is 5.69 Å². The molecule has 0 aromatic carbocycles. The molecule has 1 aliphatic heterocycles. The highest BCUT2D eigenvalue weighted by atomic mass is 32.2. The molecule has 1 fully saturated rings. The number of ether oxygens (including phenoxy) is 1. The fraction of sp³-hybridized carbons (Fsp3) is 0.625. The van der Waals surface area contributed by atoms with Crippen molar-refractivity contribution in [1.82, 2.24) is 4.98 Å². The van der Waals surface area contributed by atoms with E-state index in [4.69, 9.17) is 9.15 Å². The summed E-state index contributed by atoms with van der Waals surface area (Å²) in [7, 11) is 0. The Labute approximate surface area is 80.3 Å². The normalized spacial score (nSPS) is 28.2. The van der Waals surface area contributed by atoms with Crippen molar-refractivity contribution in [2.24, 2.45) is 0 Å². The number of rotatable bonds is 2. The minimum absolute atomic E-state index is 0.0537. The SMILES string of the molecule is Cc1coc(SC2COCC2O)n1. The van der Waals surface area contributed by atoms with Crippen LogP contribution in [0.25, 0.3) is 0 Å². The van der Waals surface area contributed by atoms with Gasteiger partial charge < -0.3 is 14.3 Å². The van der Waals surface area contributed by atoms with E-state index in [1.54, 1.807) is 6.26 Å². The second-order valence-corrected chi connectivity index (χ2v) is 4.21. The lowest BCUT2D eigenvalue weighted by Crippen LogP contribution is -2.19. The van der Waals surface area contributed by atoms with Gasteiger partial charge in [0.25, 0.3) is 5.22 Å². The Kier molecular flexibility index (Phi) is 2.57. The molecule has 4 nitrogen and oxygen atoms in total. The predicted molar refractivity (Wildman–Crippen MR) is 47.7 cm³/mol. The Bertz CT molecular complexity index is 289. The van der Waals surface area contributed by atoms with Gasteiger partial charge in [-0.25, -0.2) is 4.98 Å². The average Bonchev–Trinajstić information content (AvgIpc) is 2.64. The number of aryl methyl sites for hydroxylation is 1. The number of nitrogens with zero attached hydrogens (tertiary/aromatic N) is 1. The fourth-order valence-electron chi connectivity index (χ4n) is 1.15. The van der Waals surface area contributed by atoms with Crippen LogP contribution >= 0.6 is 11.8 Å². The van der Waals surface area contributed by atoms with E-state index in [9.17, 15) is 5.11 Å². The van der Waals surface area contributed by atoms with Gasteiger partial charge in [0.1, 0.15) is 6.26 Å².